The van der Waals surface area contributed by atoms with E-state index in [1.165, 1.54) is 0 Å². The Morgan fingerprint density at radius 1 is 1.30 bits per heavy atom. The van der Waals surface area contributed by atoms with Crippen molar-refractivity contribution in [3.63, 3.8) is 0 Å². The molecule has 10 heavy (non-hydrogen) atoms. The number of hydrogen-bond acceptors (Lipinski definition) is 4. The summed E-state index contributed by atoms with van der Waals surface area (Å²) in [5, 5.41) is 0. The molecule has 0 aromatic carbocycles. The molecule has 0 aliphatic carbocycles. The predicted octanol–water partition coefficient (Wildman–Crippen LogP) is -1.43. The first kappa shape index (κ1) is 13.6. The fourth-order valence-electron chi connectivity index (χ4n) is 0.353. The number of unbranched alkanes of at least 4 members (excludes halogenated alkanes) is 1. The average Bonchev–Trinajstić information content (AvgIpc) is 1.63. The molecule has 0 aliphatic heterocycles. The van der Waals surface area contributed by atoms with E-state index in [-0.39, 0.29) is 36.2 Å². The van der Waals surface area contributed by atoms with Crippen LogP contribution in [0.4, 0.5) is 0 Å². The zero-order chi connectivity index (χ0) is 7.33. The van der Waals surface area contributed by atoms with Gasteiger partial charge in [0.05, 0.1) is 0 Å². The second-order valence-electron chi connectivity index (χ2n) is 1.78. The Balaban J connectivity index is 0. The Kier molecular flexibility index (Phi) is 9.20. The van der Waals surface area contributed by atoms with Gasteiger partial charge in [-0.3, -0.25) is 0 Å². The summed E-state index contributed by atoms with van der Waals surface area (Å²) in [4.78, 5) is 24.8. The van der Waals surface area contributed by atoms with Gasteiger partial charge in [0, 0.05) is 6.61 Å². The quantitative estimate of drug-likeness (QED) is 0.363. The fraction of sp³-hybridized carbons (Fsp3) is 1.00. The van der Waals surface area contributed by atoms with Crippen LogP contribution in [0.15, 0.2) is 0 Å². The van der Waals surface area contributed by atoms with Crippen molar-refractivity contribution < 1.29 is 18.8 Å². The van der Waals surface area contributed by atoms with E-state index in [4.69, 9.17) is 14.4 Å². The molecule has 58 valence electrons. The summed E-state index contributed by atoms with van der Waals surface area (Å²) in [6.45, 7) is 2.16. The molecule has 0 amide bonds. The Morgan fingerprint density at radius 3 is 2.10 bits per heavy atom. The zero-order valence-electron chi connectivity index (χ0n) is 5.37. The van der Waals surface area contributed by atoms with Crippen LogP contribution in [0.3, 0.4) is 0 Å². The first-order chi connectivity index (χ1) is 4.06. The van der Waals surface area contributed by atoms with Gasteiger partial charge in [-0.1, -0.05) is 13.3 Å². The number of rotatable bonds is 4. The van der Waals surface area contributed by atoms with Gasteiger partial charge in [-0.2, -0.15) is 0 Å². The van der Waals surface area contributed by atoms with E-state index in [9.17, 15) is 0 Å². The van der Waals surface area contributed by atoms with Crippen LogP contribution in [0.25, 0.3) is 0 Å². The van der Waals surface area contributed by atoms with Crippen molar-refractivity contribution in [3.05, 3.63) is 0 Å². The molecule has 0 aromatic rings. The van der Waals surface area contributed by atoms with Crippen LogP contribution in [0.5, 0.6) is 0 Å². The second-order valence-corrected chi connectivity index (χ2v) is 3.21. The molecule has 0 spiro atoms. The van der Waals surface area contributed by atoms with Gasteiger partial charge in [0.15, 0.2) is 0 Å². The summed E-state index contributed by atoms with van der Waals surface area (Å²) < 4.78 is 4.28. The van der Waals surface area contributed by atoms with Gasteiger partial charge < -0.3 is 18.8 Å². The Morgan fingerprint density at radius 2 is 1.80 bits per heavy atom. The maximum absolute atomic E-state index is 8.27. The molecule has 0 saturated heterocycles. The average molecular weight is 176 g/mol. The standard InChI is InChI=1S/C4H12O4Si.Na.H/c1-2-3-4-8-9(5,6)7;;/h5-7H,2-4H2,1H3;;. The Labute approximate surface area is 83.6 Å². The third-order valence-electron chi connectivity index (χ3n) is 0.794. The van der Waals surface area contributed by atoms with Crippen LogP contribution in [0.2, 0.25) is 0 Å². The molecule has 0 aromatic heterocycles. The zero-order valence-corrected chi connectivity index (χ0v) is 6.37. The van der Waals surface area contributed by atoms with Crippen LogP contribution >= 0.6 is 0 Å². The number of hydrogen-bond donors (Lipinski definition) is 3. The molecular weight excluding hydrogens is 163 g/mol. The minimum absolute atomic E-state index is 0. The van der Waals surface area contributed by atoms with Crippen molar-refractivity contribution in [1.29, 1.82) is 0 Å². The van der Waals surface area contributed by atoms with Crippen molar-refractivity contribution in [2.24, 2.45) is 0 Å². The minimum atomic E-state index is -4.19. The van der Waals surface area contributed by atoms with Crippen molar-refractivity contribution in [1.82, 2.24) is 0 Å². The summed E-state index contributed by atoms with van der Waals surface area (Å²) in [7, 11) is -4.19. The van der Waals surface area contributed by atoms with E-state index in [0.29, 0.717) is 0 Å². The van der Waals surface area contributed by atoms with E-state index >= 15 is 0 Å². The van der Waals surface area contributed by atoms with E-state index < -0.39 is 9.05 Å². The van der Waals surface area contributed by atoms with Crippen molar-refractivity contribution in [3.8, 4) is 0 Å². The van der Waals surface area contributed by atoms with Crippen LogP contribution in [-0.4, -0.2) is 59.6 Å². The molecule has 0 rings (SSSR count). The molecule has 0 radical (unpaired) electrons. The second kappa shape index (κ2) is 6.75. The van der Waals surface area contributed by atoms with Gasteiger partial charge in [-0.25, -0.2) is 0 Å². The molecule has 0 unspecified atom stereocenters. The van der Waals surface area contributed by atoms with Gasteiger partial charge in [-0.05, 0) is 6.42 Å². The predicted molar refractivity (Wildman–Crippen MR) is 40.4 cm³/mol. The molecular formula is C4H13NaO4Si. The van der Waals surface area contributed by atoms with Gasteiger partial charge >= 0.3 is 38.6 Å². The summed E-state index contributed by atoms with van der Waals surface area (Å²) in [5.74, 6) is 0. The van der Waals surface area contributed by atoms with Gasteiger partial charge in [0.25, 0.3) is 0 Å². The molecule has 0 fully saturated rings. The van der Waals surface area contributed by atoms with Gasteiger partial charge in [0.2, 0.25) is 0 Å². The summed E-state index contributed by atoms with van der Waals surface area (Å²) >= 11 is 0. The molecule has 0 atom stereocenters. The monoisotopic (exact) mass is 176 g/mol. The fourth-order valence-corrected chi connectivity index (χ4v) is 0.772. The molecule has 0 bridgehead atoms. The van der Waals surface area contributed by atoms with E-state index in [1.54, 1.807) is 0 Å². The van der Waals surface area contributed by atoms with Gasteiger partial charge in [-0.15, -0.1) is 0 Å². The Hall–Kier alpha value is 1.06. The van der Waals surface area contributed by atoms with Crippen LogP contribution in [0.1, 0.15) is 19.8 Å². The van der Waals surface area contributed by atoms with Crippen LogP contribution < -0.4 is 0 Å². The molecule has 0 saturated carbocycles. The summed E-state index contributed by atoms with van der Waals surface area (Å²) in [5.41, 5.74) is 0. The Bertz CT molecular complexity index is 74.1. The third-order valence-corrected chi connectivity index (χ3v) is 1.39. The van der Waals surface area contributed by atoms with Crippen LogP contribution in [-0.2, 0) is 4.43 Å². The van der Waals surface area contributed by atoms with E-state index in [1.807, 2.05) is 6.92 Å². The first-order valence-electron chi connectivity index (χ1n) is 2.87. The van der Waals surface area contributed by atoms with Crippen LogP contribution in [0, 0.1) is 0 Å². The van der Waals surface area contributed by atoms with Crippen molar-refractivity contribution in [2.45, 2.75) is 19.8 Å². The van der Waals surface area contributed by atoms with Gasteiger partial charge in [0.1, 0.15) is 0 Å². The molecule has 3 N–H and O–H groups in total. The molecule has 0 heterocycles. The van der Waals surface area contributed by atoms with E-state index in [2.05, 4.69) is 4.43 Å². The third kappa shape index (κ3) is 11.8. The maximum atomic E-state index is 8.27. The van der Waals surface area contributed by atoms with E-state index in [0.717, 1.165) is 12.8 Å². The summed E-state index contributed by atoms with van der Waals surface area (Å²) in [6, 6.07) is 0. The topological polar surface area (TPSA) is 69.9 Å². The first-order valence-corrected chi connectivity index (χ1v) is 4.62. The van der Waals surface area contributed by atoms with Crippen molar-refractivity contribution >= 4 is 38.6 Å². The molecule has 0 aliphatic rings. The molecule has 4 nitrogen and oxygen atoms in total. The van der Waals surface area contributed by atoms with Crippen molar-refractivity contribution in [2.75, 3.05) is 6.61 Å². The molecule has 6 heteroatoms. The summed E-state index contributed by atoms with van der Waals surface area (Å²) in [6.07, 6.45) is 1.64. The SMILES string of the molecule is CCCCO[Si](O)(O)O.[NaH]. The normalized spacial score (nSPS) is 10.8.